The molecule has 5 nitrogen and oxygen atoms in total. The molecule has 0 fully saturated rings. The number of carbonyl (C=O) groups excluding carboxylic acids is 1. The van der Waals surface area contributed by atoms with Crippen molar-refractivity contribution in [3.05, 3.63) is 94.0 Å². The van der Waals surface area contributed by atoms with Gasteiger partial charge in [0.25, 0.3) is 5.91 Å². The Hall–Kier alpha value is -3.75. The Morgan fingerprint density at radius 3 is 2.55 bits per heavy atom. The number of nitrogens with zero attached hydrogens (tertiary/aromatic N) is 1. The summed E-state index contributed by atoms with van der Waals surface area (Å²) < 4.78 is 11.3. The van der Waals surface area contributed by atoms with Crippen LogP contribution in [0.15, 0.2) is 72.3 Å². The largest absolute Gasteiger partial charge is 0.493 e. The Labute approximate surface area is 186 Å². The van der Waals surface area contributed by atoms with Crippen LogP contribution in [0.4, 0.5) is 5.69 Å². The summed E-state index contributed by atoms with van der Waals surface area (Å²) in [5.41, 5.74) is 2.87. The van der Waals surface area contributed by atoms with Crippen LogP contribution in [0.3, 0.4) is 0 Å². The number of nitriles is 1. The molecular weight excluding hydrogens is 412 g/mol. The Kier molecular flexibility index (Phi) is 7.31. The SMILES string of the molecule is COc1ccc(/C=C(\C#N)C(=O)Nc2c(C)cccc2Cl)cc1OCc1ccccc1. The van der Waals surface area contributed by atoms with Crippen LogP contribution in [0.2, 0.25) is 5.02 Å². The number of hydrogen-bond acceptors (Lipinski definition) is 4. The topological polar surface area (TPSA) is 71.3 Å². The molecule has 0 radical (unpaired) electrons. The van der Waals surface area contributed by atoms with Gasteiger partial charge in [-0.15, -0.1) is 0 Å². The van der Waals surface area contributed by atoms with Crippen molar-refractivity contribution < 1.29 is 14.3 Å². The first kappa shape index (κ1) is 21.9. The normalized spacial score (nSPS) is 10.8. The van der Waals surface area contributed by atoms with Crippen molar-refractivity contribution in [3.63, 3.8) is 0 Å². The molecule has 3 rings (SSSR count). The molecule has 3 aromatic carbocycles. The van der Waals surface area contributed by atoms with Gasteiger partial charge in [0.15, 0.2) is 11.5 Å². The van der Waals surface area contributed by atoms with Gasteiger partial charge in [-0.1, -0.05) is 60.1 Å². The van der Waals surface area contributed by atoms with Crippen molar-refractivity contribution in [1.29, 1.82) is 5.26 Å². The zero-order chi connectivity index (χ0) is 22.2. The zero-order valence-electron chi connectivity index (χ0n) is 17.2. The summed E-state index contributed by atoms with van der Waals surface area (Å²) in [4.78, 5) is 12.7. The number of methoxy groups -OCH3 is 1. The van der Waals surface area contributed by atoms with Crippen LogP contribution in [-0.2, 0) is 11.4 Å². The molecule has 0 saturated heterocycles. The Balaban J connectivity index is 1.83. The highest BCUT2D eigenvalue weighted by atomic mass is 35.5. The third kappa shape index (κ3) is 5.65. The highest BCUT2D eigenvalue weighted by Crippen LogP contribution is 2.30. The first-order chi connectivity index (χ1) is 15.0. The van der Waals surface area contributed by atoms with Gasteiger partial charge >= 0.3 is 0 Å². The minimum atomic E-state index is -0.540. The summed E-state index contributed by atoms with van der Waals surface area (Å²) in [6.45, 7) is 2.19. The number of hydrogen-bond donors (Lipinski definition) is 1. The second-order valence-electron chi connectivity index (χ2n) is 6.74. The van der Waals surface area contributed by atoms with Gasteiger partial charge in [0.05, 0.1) is 17.8 Å². The van der Waals surface area contributed by atoms with E-state index in [0.717, 1.165) is 11.1 Å². The molecule has 0 bridgehead atoms. The molecule has 0 aliphatic heterocycles. The predicted octanol–water partition coefficient (Wildman–Crippen LogP) is 5.78. The molecule has 6 heteroatoms. The number of rotatable bonds is 7. The van der Waals surface area contributed by atoms with Gasteiger partial charge in [0.2, 0.25) is 0 Å². The van der Waals surface area contributed by atoms with E-state index in [-0.39, 0.29) is 5.57 Å². The van der Waals surface area contributed by atoms with Gasteiger partial charge in [-0.05, 0) is 47.9 Å². The summed E-state index contributed by atoms with van der Waals surface area (Å²) in [6, 6.07) is 22.2. The maximum Gasteiger partial charge on any atom is 0.266 e. The van der Waals surface area contributed by atoms with Crippen LogP contribution in [0.5, 0.6) is 11.5 Å². The number of amides is 1. The number of ether oxygens (including phenoxy) is 2. The Bertz CT molecular complexity index is 1130. The van der Waals surface area contributed by atoms with Gasteiger partial charge in [0.1, 0.15) is 18.2 Å². The van der Waals surface area contributed by atoms with Crippen molar-refractivity contribution in [3.8, 4) is 17.6 Å². The molecular formula is C25H21ClN2O3. The number of benzene rings is 3. The molecule has 0 unspecified atom stereocenters. The number of para-hydroxylation sites is 1. The number of halogens is 1. The molecule has 156 valence electrons. The fourth-order valence-electron chi connectivity index (χ4n) is 2.92. The lowest BCUT2D eigenvalue weighted by atomic mass is 10.1. The zero-order valence-corrected chi connectivity index (χ0v) is 17.9. The third-order valence-corrected chi connectivity index (χ3v) is 4.88. The lowest BCUT2D eigenvalue weighted by Crippen LogP contribution is -2.14. The van der Waals surface area contributed by atoms with Crippen LogP contribution in [0.25, 0.3) is 6.08 Å². The number of carbonyl (C=O) groups is 1. The third-order valence-electron chi connectivity index (χ3n) is 4.56. The predicted molar refractivity (Wildman–Crippen MR) is 122 cm³/mol. The smallest absolute Gasteiger partial charge is 0.266 e. The summed E-state index contributed by atoms with van der Waals surface area (Å²) in [5.74, 6) is 0.531. The quantitative estimate of drug-likeness (QED) is 0.379. The molecule has 1 amide bonds. The van der Waals surface area contributed by atoms with E-state index < -0.39 is 5.91 Å². The molecule has 0 heterocycles. The van der Waals surface area contributed by atoms with Crippen LogP contribution in [0.1, 0.15) is 16.7 Å². The molecule has 0 aliphatic carbocycles. The lowest BCUT2D eigenvalue weighted by Gasteiger charge is -2.12. The van der Waals surface area contributed by atoms with Crippen molar-refractivity contribution in [2.24, 2.45) is 0 Å². The first-order valence-electron chi connectivity index (χ1n) is 9.55. The maximum atomic E-state index is 12.7. The van der Waals surface area contributed by atoms with E-state index in [2.05, 4.69) is 5.32 Å². The average Bonchev–Trinajstić information content (AvgIpc) is 2.79. The standard InChI is InChI=1S/C25H21ClN2O3/c1-17-7-6-10-21(26)24(17)28-25(29)20(15-27)13-19-11-12-22(30-2)23(14-19)31-16-18-8-4-3-5-9-18/h3-14H,16H2,1-2H3,(H,28,29)/b20-13+. The summed E-state index contributed by atoms with van der Waals surface area (Å²) in [5, 5.41) is 12.7. The van der Waals surface area contributed by atoms with Gasteiger partial charge in [-0.25, -0.2) is 0 Å². The molecule has 0 spiro atoms. The second-order valence-corrected chi connectivity index (χ2v) is 7.15. The van der Waals surface area contributed by atoms with Gasteiger partial charge in [0, 0.05) is 0 Å². The molecule has 0 aromatic heterocycles. The van der Waals surface area contributed by atoms with Gasteiger partial charge in [-0.2, -0.15) is 5.26 Å². The van der Waals surface area contributed by atoms with E-state index in [1.54, 1.807) is 37.4 Å². The fourth-order valence-corrected chi connectivity index (χ4v) is 3.19. The summed E-state index contributed by atoms with van der Waals surface area (Å²) in [7, 11) is 1.56. The van der Waals surface area contributed by atoms with Gasteiger partial charge in [-0.3, -0.25) is 4.79 Å². The van der Waals surface area contributed by atoms with Gasteiger partial charge < -0.3 is 14.8 Å². The van der Waals surface area contributed by atoms with Crippen LogP contribution < -0.4 is 14.8 Å². The molecule has 0 atom stereocenters. The van der Waals surface area contributed by atoms with Crippen molar-refractivity contribution in [2.45, 2.75) is 13.5 Å². The second kappa shape index (κ2) is 10.3. The molecule has 0 aliphatic rings. The van der Waals surface area contributed by atoms with E-state index in [4.69, 9.17) is 21.1 Å². The van der Waals surface area contributed by atoms with E-state index in [9.17, 15) is 10.1 Å². The fraction of sp³-hybridized carbons (Fsp3) is 0.120. The van der Waals surface area contributed by atoms with Crippen LogP contribution in [-0.4, -0.2) is 13.0 Å². The number of nitrogens with one attached hydrogen (secondary N) is 1. The minimum absolute atomic E-state index is 0.0569. The lowest BCUT2D eigenvalue weighted by molar-refractivity contribution is -0.112. The molecule has 3 aromatic rings. The van der Waals surface area contributed by atoms with Crippen molar-refractivity contribution in [1.82, 2.24) is 0 Å². The first-order valence-corrected chi connectivity index (χ1v) is 9.92. The molecule has 1 N–H and O–H groups in total. The van der Waals surface area contributed by atoms with Crippen LogP contribution >= 0.6 is 11.6 Å². The minimum Gasteiger partial charge on any atom is -0.493 e. The van der Waals surface area contributed by atoms with E-state index >= 15 is 0 Å². The van der Waals surface area contributed by atoms with E-state index in [1.165, 1.54) is 6.08 Å². The van der Waals surface area contributed by atoms with Crippen molar-refractivity contribution >= 4 is 29.3 Å². The molecule has 31 heavy (non-hydrogen) atoms. The average molecular weight is 433 g/mol. The highest BCUT2D eigenvalue weighted by molar-refractivity contribution is 6.34. The van der Waals surface area contributed by atoms with E-state index in [1.807, 2.05) is 49.4 Å². The van der Waals surface area contributed by atoms with Crippen LogP contribution in [0, 0.1) is 18.3 Å². The Morgan fingerprint density at radius 1 is 1.10 bits per heavy atom. The number of aryl methyl sites for hydroxylation is 1. The summed E-state index contributed by atoms with van der Waals surface area (Å²) >= 11 is 6.17. The van der Waals surface area contributed by atoms with Crippen molar-refractivity contribution in [2.75, 3.05) is 12.4 Å². The maximum absolute atomic E-state index is 12.7. The Morgan fingerprint density at radius 2 is 1.87 bits per heavy atom. The monoisotopic (exact) mass is 432 g/mol. The summed E-state index contributed by atoms with van der Waals surface area (Å²) in [6.07, 6.45) is 1.50. The highest BCUT2D eigenvalue weighted by Gasteiger charge is 2.14. The van der Waals surface area contributed by atoms with E-state index in [0.29, 0.717) is 34.4 Å². The number of anilines is 1. The molecule has 0 saturated carbocycles.